The summed E-state index contributed by atoms with van der Waals surface area (Å²) in [5.74, 6) is -9.04. The second kappa shape index (κ2) is 23.5. The molecule has 1 aliphatic carbocycles. The number of rotatable bonds is 5. The number of methoxy groups -OCH3 is 2. The van der Waals surface area contributed by atoms with Crippen molar-refractivity contribution in [2.24, 2.45) is 36.6 Å². The normalized spacial score (nSPS) is 38.7. The number of esters is 1. The van der Waals surface area contributed by atoms with E-state index in [4.69, 9.17) is 18.9 Å². The van der Waals surface area contributed by atoms with Crippen molar-refractivity contribution in [2.75, 3.05) is 20.8 Å². The van der Waals surface area contributed by atoms with Gasteiger partial charge in [0.2, 0.25) is 5.79 Å². The van der Waals surface area contributed by atoms with E-state index in [1.54, 1.807) is 66.0 Å². The maximum atomic E-state index is 14.5. The summed E-state index contributed by atoms with van der Waals surface area (Å²) in [5, 5.41) is 34.4. The highest BCUT2D eigenvalue weighted by molar-refractivity contribution is 6.39. The zero-order chi connectivity index (χ0) is 52.2. The molecule has 3 fully saturated rings. The molecule has 3 N–H and O–H groups in total. The number of carbonyl (C=O) groups is 5. The van der Waals surface area contributed by atoms with Crippen molar-refractivity contribution >= 4 is 29.2 Å². The molecule has 15 atom stereocenters. The summed E-state index contributed by atoms with van der Waals surface area (Å²) in [6.45, 7) is 12.1. The lowest BCUT2D eigenvalue weighted by molar-refractivity contribution is -0.264. The molecular weight excluding hydrogens is 917 g/mol. The SMILES string of the molecule is CO[C@@H]1C[C@H](C[C@@H](C)[C@@H]2CC(=O)[C@@H](C)/C=C(\C)[C@@H](O)[C@@H](OC)C(=O)[C@H](C)C/C(C)=C/C3/C=C\C=C(\C)C(C[C@@H]4CC[C@@H](C)[C@@](O)(O4)C(=O)C(=O)N4CCCC[C@H]4C(=O)O2)n2c(=O)n(C)c(=O)n23)CC[C@H]1O. The minimum absolute atomic E-state index is 0.0243. The van der Waals surface area contributed by atoms with Gasteiger partial charge in [0, 0.05) is 58.4 Å². The first-order valence-corrected chi connectivity index (χ1v) is 25.6. The van der Waals surface area contributed by atoms with E-state index in [1.807, 2.05) is 19.9 Å². The van der Waals surface area contributed by atoms with Crippen LogP contribution in [0, 0.1) is 29.6 Å². The Morgan fingerprint density at radius 3 is 2.23 bits per heavy atom. The number of aliphatic hydroxyl groups excluding tert-OH is 2. The summed E-state index contributed by atoms with van der Waals surface area (Å²) in [7, 11) is 4.26. The number of cyclic esters (lactones) is 1. The number of piperidine rings is 1. The van der Waals surface area contributed by atoms with Gasteiger partial charge >= 0.3 is 17.3 Å². The van der Waals surface area contributed by atoms with Crippen LogP contribution < -0.4 is 11.4 Å². The Morgan fingerprint density at radius 2 is 1.54 bits per heavy atom. The van der Waals surface area contributed by atoms with Gasteiger partial charge in [0.05, 0.1) is 30.4 Å². The van der Waals surface area contributed by atoms with Gasteiger partial charge in [-0.3, -0.25) is 19.2 Å². The van der Waals surface area contributed by atoms with Crippen molar-refractivity contribution in [3.05, 3.63) is 68.1 Å². The number of hydrogen-bond acceptors (Lipinski definition) is 14. The highest BCUT2D eigenvalue weighted by Gasteiger charge is 2.53. The number of fused-ring (bicyclic) bond motifs is 3. The summed E-state index contributed by atoms with van der Waals surface area (Å²) in [6, 6.07) is -2.80. The first-order chi connectivity index (χ1) is 33.5. The van der Waals surface area contributed by atoms with E-state index < -0.39 is 101 Å². The van der Waals surface area contributed by atoms with Gasteiger partial charge in [0.25, 0.3) is 11.7 Å². The third-order valence-corrected chi connectivity index (χ3v) is 16.0. The van der Waals surface area contributed by atoms with Crippen LogP contribution in [0.1, 0.15) is 138 Å². The number of Topliss-reactive ketones (excluding diaryl/α,β-unsaturated/α-hetero) is 3. The van der Waals surface area contributed by atoms with E-state index in [0.29, 0.717) is 61.7 Å². The van der Waals surface area contributed by atoms with E-state index >= 15 is 0 Å². The molecule has 0 radical (unpaired) electrons. The van der Waals surface area contributed by atoms with Crippen LogP contribution in [0.5, 0.6) is 0 Å². The number of ether oxygens (including phenoxy) is 4. The molecule has 4 bridgehead atoms. The van der Waals surface area contributed by atoms with Crippen LogP contribution in [0.4, 0.5) is 0 Å². The van der Waals surface area contributed by atoms with Gasteiger partial charge in [-0.05, 0) is 108 Å². The molecule has 4 aliphatic heterocycles. The fourth-order valence-electron chi connectivity index (χ4n) is 11.5. The molecule has 394 valence electrons. The van der Waals surface area contributed by atoms with Crippen LogP contribution in [0.15, 0.2) is 56.7 Å². The molecule has 5 aliphatic rings. The average molecular weight is 995 g/mol. The van der Waals surface area contributed by atoms with Crippen molar-refractivity contribution < 1.29 is 58.2 Å². The average Bonchev–Trinajstić information content (AvgIpc) is 3.55. The number of carbonyl (C=O) groups excluding carboxylic acids is 5. The molecule has 18 nitrogen and oxygen atoms in total. The first kappa shape index (κ1) is 55.7. The molecule has 5 heterocycles. The second-order valence-electron chi connectivity index (χ2n) is 21.3. The highest BCUT2D eigenvalue weighted by atomic mass is 16.6. The minimum Gasteiger partial charge on any atom is -0.460 e. The number of nitrogens with zero attached hydrogens (tertiary/aromatic N) is 4. The van der Waals surface area contributed by atoms with Crippen LogP contribution in [0.2, 0.25) is 0 Å². The summed E-state index contributed by atoms with van der Waals surface area (Å²) in [5.41, 5.74) is 0.498. The Balaban J connectivity index is 1.40. The highest BCUT2D eigenvalue weighted by Crippen LogP contribution is 2.39. The summed E-state index contributed by atoms with van der Waals surface area (Å²) in [4.78, 5) is 101. The van der Waals surface area contributed by atoms with Gasteiger partial charge < -0.3 is 39.2 Å². The molecule has 1 aromatic heterocycles. The Morgan fingerprint density at radius 1 is 0.831 bits per heavy atom. The van der Waals surface area contributed by atoms with Crippen LogP contribution in [-0.4, -0.2) is 133 Å². The Labute approximate surface area is 416 Å². The lowest BCUT2D eigenvalue weighted by Gasteiger charge is -2.43. The molecule has 2 saturated heterocycles. The number of aliphatic hydroxyl groups is 3. The molecular formula is C53H78N4O14. The number of hydrogen-bond donors (Lipinski definition) is 3. The van der Waals surface area contributed by atoms with E-state index in [9.17, 15) is 48.9 Å². The van der Waals surface area contributed by atoms with Gasteiger partial charge in [0.1, 0.15) is 30.1 Å². The summed E-state index contributed by atoms with van der Waals surface area (Å²) >= 11 is 0. The fourth-order valence-corrected chi connectivity index (χ4v) is 11.5. The lowest BCUT2D eigenvalue weighted by Crippen LogP contribution is -2.61. The van der Waals surface area contributed by atoms with Crippen LogP contribution >= 0.6 is 0 Å². The quantitative estimate of drug-likeness (QED) is 0.211. The molecule has 2 unspecified atom stereocenters. The Kier molecular flexibility index (Phi) is 18.5. The second-order valence-corrected chi connectivity index (χ2v) is 21.3. The molecule has 0 aromatic carbocycles. The van der Waals surface area contributed by atoms with E-state index in [2.05, 4.69) is 0 Å². The van der Waals surface area contributed by atoms with Gasteiger partial charge in [-0.15, -0.1) is 0 Å². The maximum absolute atomic E-state index is 14.5. The third kappa shape index (κ3) is 12.1. The van der Waals surface area contributed by atoms with E-state index in [-0.39, 0.29) is 68.2 Å². The Hall–Kier alpha value is -4.59. The monoisotopic (exact) mass is 995 g/mol. The first-order valence-electron chi connectivity index (χ1n) is 25.6. The number of allylic oxidation sites excluding steroid dienone is 7. The number of amides is 1. The van der Waals surface area contributed by atoms with Crippen molar-refractivity contribution in [3.8, 4) is 0 Å². The maximum Gasteiger partial charge on any atom is 0.347 e. The van der Waals surface area contributed by atoms with Crippen LogP contribution in [0.25, 0.3) is 0 Å². The topological polar surface area (TPSA) is 235 Å². The van der Waals surface area contributed by atoms with Gasteiger partial charge in [-0.2, -0.15) is 0 Å². The van der Waals surface area contributed by atoms with Crippen molar-refractivity contribution in [2.45, 2.75) is 186 Å². The van der Waals surface area contributed by atoms with E-state index in [1.165, 1.54) is 23.5 Å². The predicted octanol–water partition coefficient (Wildman–Crippen LogP) is 4.38. The fraction of sp³-hybridized carbons (Fsp3) is 0.717. The molecule has 0 spiro atoms. The van der Waals surface area contributed by atoms with Gasteiger partial charge in [0.15, 0.2) is 5.78 Å². The molecule has 18 heteroatoms. The molecule has 1 aromatic rings. The number of aromatic nitrogens is 3. The van der Waals surface area contributed by atoms with E-state index in [0.717, 1.165) is 9.47 Å². The lowest BCUT2D eigenvalue weighted by atomic mass is 9.78. The summed E-state index contributed by atoms with van der Waals surface area (Å²) < 4.78 is 27.4. The van der Waals surface area contributed by atoms with Crippen LogP contribution in [-0.2, 0) is 50.0 Å². The molecule has 71 heavy (non-hydrogen) atoms. The molecule has 1 amide bonds. The molecule has 6 rings (SSSR count). The van der Waals surface area contributed by atoms with Crippen molar-refractivity contribution in [1.29, 1.82) is 0 Å². The molecule has 1 saturated carbocycles. The smallest absolute Gasteiger partial charge is 0.347 e. The van der Waals surface area contributed by atoms with Crippen molar-refractivity contribution in [3.63, 3.8) is 0 Å². The third-order valence-electron chi connectivity index (χ3n) is 16.0. The van der Waals surface area contributed by atoms with Gasteiger partial charge in [-0.1, -0.05) is 63.6 Å². The predicted molar refractivity (Wildman–Crippen MR) is 262 cm³/mol. The largest absolute Gasteiger partial charge is 0.460 e. The zero-order valence-electron chi connectivity index (χ0n) is 43.3. The Bertz CT molecular complexity index is 2390. The standard InChI is InChI=1S/C53H78N4O14/c1-29-22-33(5)45(60)47(69-10)46(61)34(6)24-31(3)42(59)28-43(32(4)25-36-18-20-41(58)44(26-36)68-9)70-50(64)39-16-11-12-21-55(39)49(63)48(62)53(67)35(7)17-19-38(71-53)27-40-30(2)14-13-15-37(23-29)56-51(65)54(8)52(66)57(40)56/h13-15,23-24,31-33,35-41,43-44,46-47,58,61,67H,11-12,16-22,25-28H2,1-10H3/b15-13-,29-23+,30-14-,34-24+/t31-,32+,33+,35+,36-,37?,38-,39-,40?,41+,43-,44+,46+,47-,53+/m0/s1. The van der Waals surface area contributed by atoms with Gasteiger partial charge in [-0.25, -0.2) is 28.3 Å². The number of ketones is 3. The summed E-state index contributed by atoms with van der Waals surface area (Å²) in [6.07, 6.45) is 7.34. The zero-order valence-corrected chi connectivity index (χ0v) is 43.3. The van der Waals surface area contributed by atoms with Crippen molar-refractivity contribution in [1.82, 2.24) is 18.8 Å². The minimum atomic E-state index is -2.60. The van der Waals surface area contributed by atoms with Crippen LogP contribution in [0.3, 0.4) is 0 Å².